The maximum absolute atomic E-state index is 11.9. The average Bonchev–Trinajstić information content (AvgIpc) is 2.24. The summed E-state index contributed by atoms with van der Waals surface area (Å²) < 4.78 is 60.9. The first-order chi connectivity index (χ1) is 8.21. The first kappa shape index (κ1) is 14.8. The number of hydrogen-bond donors (Lipinski definition) is 2. The summed E-state index contributed by atoms with van der Waals surface area (Å²) >= 11 is 0. The third-order valence-electron chi connectivity index (χ3n) is 2.12. The molecule has 0 saturated heterocycles. The molecule has 0 amide bonds. The molecule has 0 aliphatic carbocycles. The van der Waals surface area contributed by atoms with Crippen LogP contribution in [0.3, 0.4) is 0 Å². The van der Waals surface area contributed by atoms with E-state index >= 15 is 0 Å². The molecular weight excluding hydrogens is 269 g/mol. The molecule has 0 radical (unpaired) electrons. The van der Waals surface area contributed by atoms with E-state index in [0.29, 0.717) is 5.69 Å². The Labute approximate surface area is 103 Å². The van der Waals surface area contributed by atoms with Crippen molar-refractivity contribution in [3.63, 3.8) is 0 Å². The summed E-state index contributed by atoms with van der Waals surface area (Å²) in [6.07, 6.45) is -5.58. The van der Waals surface area contributed by atoms with Crippen molar-refractivity contribution >= 4 is 15.7 Å². The zero-order valence-corrected chi connectivity index (χ0v) is 10.2. The van der Waals surface area contributed by atoms with E-state index in [2.05, 4.69) is 4.72 Å². The Morgan fingerprint density at radius 2 is 1.72 bits per heavy atom. The molecule has 0 aromatic heterocycles. The Morgan fingerprint density at radius 3 is 2.22 bits per heavy atom. The molecule has 1 aromatic carbocycles. The lowest BCUT2D eigenvalue weighted by molar-refractivity contribution is -0.135. The van der Waals surface area contributed by atoms with E-state index in [1.165, 1.54) is 24.3 Å². The van der Waals surface area contributed by atoms with Gasteiger partial charge in [-0.15, -0.1) is 0 Å². The van der Waals surface area contributed by atoms with Gasteiger partial charge in [0.15, 0.2) is 0 Å². The van der Waals surface area contributed by atoms with Crippen LogP contribution in [0.1, 0.15) is 12.8 Å². The minimum atomic E-state index is -4.27. The van der Waals surface area contributed by atoms with Crippen molar-refractivity contribution in [3.8, 4) is 0 Å². The molecule has 3 N–H and O–H groups in total. The molecule has 0 unspecified atom stereocenters. The van der Waals surface area contributed by atoms with E-state index in [1.807, 2.05) is 0 Å². The Morgan fingerprint density at radius 1 is 1.17 bits per heavy atom. The van der Waals surface area contributed by atoms with Gasteiger partial charge in [-0.25, -0.2) is 13.1 Å². The highest BCUT2D eigenvalue weighted by Crippen LogP contribution is 2.21. The maximum Gasteiger partial charge on any atom is 0.389 e. The fourth-order valence-electron chi connectivity index (χ4n) is 1.23. The molecule has 0 aliphatic heterocycles. The van der Waals surface area contributed by atoms with Gasteiger partial charge in [-0.2, -0.15) is 13.2 Å². The molecule has 102 valence electrons. The van der Waals surface area contributed by atoms with Crippen molar-refractivity contribution in [2.75, 3.05) is 12.3 Å². The highest BCUT2D eigenvalue weighted by atomic mass is 32.2. The number of rotatable bonds is 5. The van der Waals surface area contributed by atoms with Crippen LogP contribution in [0.2, 0.25) is 0 Å². The van der Waals surface area contributed by atoms with E-state index in [9.17, 15) is 21.6 Å². The first-order valence-corrected chi connectivity index (χ1v) is 6.61. The molecule has 0 bridgehead atoms. The lowest BCUT2D eigenvalue weighted by Gasteiger charge is -2.08. The summed E-state index contributed by atoms with van der Waals surface area (Å²) in [5, 5.41) is 0. The van der Waals surface area contributed by atoms with Crippen LogP contribution < -0.4 is 10.5 Å². The molecule has 18 heavy (non-hydrogen) atoms. The number of hydrogen-bond acceptors (Lipinski definition) is 3. The Kier molecular flexibility index (Phi) is 4.58. The van der Waals surface area contributed by atoms with Crippen LogP contribution in [0.4, 0.5) is 18.9 Å². The van der Waals surface area contributed by atoms with Crippen LogP contribution in [-0.4, -0.2) is 21.1 Å². The molecule has 8 heteroatoms. The van der Waals surface area contributed by atoms with Crippen LogP contribution >= 0.6 is 0 Å². The SMILES string of the molecule is Nc1ccc(S(=O)(=O)NCCCC(F)(F)F)cc1. The quantitative estimate of drug-likeness (QED) is 0.640. The Hall–Kier alpha value is -1.28. The van der Waals surface area contributed by atoms with E-state index < -0.39 is 22.6 Å². The van der Waals surface area contributed by atoms with Crippen LogP contribution in [0.5, 0.6) is 0 Å². The van der Waals surface area contributed by atoms with Gasteiger partial charge in [0.2, 0.25) is 10.0 Å². The monoisotopic (exact) mass is 282 g/mol. The van der Waals surface area contributed by atoms with Crippen molar-refractivity contribution in [3.05, 3.63) is 24.3 Å². The van der Waals surface area contributed by atoms with E-state index in [-0.39, 0.29) is 17.9 Å². The Bertz CT molecular complexity index is 483. The molecule has 0 aliphatic rings. The standard InChI is InChI=1S/C10H13F3N2O2S/c11-10(12,13)6-1-7-15-18(16,17)9-4-2-8(14)3-5-9/h2-5,15H,1,6-7,14H2. The molecule has 0 fully saturated rings. The highest BCUT2D eigenvalue weighted by molar-refractivity contribution is 7.89. The third kappa shape index (κ3) is 4.92. The molecule has 1 rings (SSSR count). The number of sulfonamides is 1. The number of nitrogen functional groups attached to an aromatic ring is 1. The van der Waals surface area contributed by atoms with Crippen molar-refractivity contribution in [1.82, 2.24) is 4.72 Å². The minimum Gasteiger partial charge on any atom is -0.399 e. The summed E-state index contributed by atoms with van der Waals surface area (Å²) in [7, 11) is -3.77. The minimum absolute atomic E-state index is 0.0243. The predicted octanol–water partition coefficient (Wildman–Crippen LogP) is 1.89. The van der Waals surface area contributed by atoms with Crippen LogP contribution in [-0.2, 0) is 10.0 Å². The van der Waals surface area contributed by atoms with Crippen molar-refractivity contribution < 1.29 is 21.6 Å². The van der Waals surface area contributed by atoms with Gasteiger partial charge in [0.1, 0.15) is 0 Å². The summed E-state index contributed by atoms with van der Waals surface area (Å²) in [6, 6.07) is 5.40. The van der Waals surface area contributed by atoms with E-state index in [4.69, 9.17) is 5.73 Å². The summed E-state index contributed by atoms with van der Waals surface area (Å²) in [6.45, 7) is -0.258. The largest absolute Gasteiger partial charge is 0.399 e. The first-order valence-electron chi connectivity index (χ1n) is 5.13. The molecular formula is C10H13F3N2O2S. The van der Waals surface area contributed by atoms with E-state index in [1.54, 1.807) is 0 Å². The molecule has 0 heterocycles. The smallest absolute Gasteiger partial charge is 0.389 e. The van der Waals surface area contributed by atoms with Gasteiger partial charge in [0, 0.05) is 18.7 Å². The molecule has 1 aromatic rings. The lowest BCUT2D eigenvalue weighted by Crippen LogP contribution is -2.25. The maximum atomic E-state index is 11.9. The van der Waals surface area contributed by atoms with Gasteiger partial charge in [0.25, 0.3) is 0 Å². The number of nitrogens with two attached hydrogens (primary N) is 1. The van der Waals surface area contributed by atoms with Crippen LogP contribution in [0, 0.1) is 0 Å². The zero-order chi connectivity index (χ0) is 13.8. The van der Waals surface area contributed by atoms with Gasteiger partial charge >= 0.3 is 6.18 Å². The predicted molar refractivity (Wildman–Crippen MR) is 61.3 cm³/mol. The third-order valence-corrected chi connectivity index (χ3v) is 3.60. The molecule has 0 atom stereocenters. The van der Waals surface area contributed by atoms with E-state index in [0.717, 1.165) is 0 Å². The average molecular weight is 282 g/mol. The lowest BCUT2D eigenvalue weighted by atomic mass is 10.3. The highest BCUT2D eigenvalue weighted by Gasteiger charge is 2.26. The van der Waals surface area contributed by atoms with Crippen LogP contribution in [0.15, 0.2) is 29.2 Å². The van der Waals surface area contributed by atoms with Gasteiger partial charge in [0.05, 0.1) is 4.90 Å². The second-order valence-electron chi connectivity index (χ2n) is 3.69. The number of halogens is 3. The van der Waals surface area contributed by atoms with Crippen molar-refractivity contribution in [2.45, 2.75) is 23.9 Å². The molecule has 4 nitrogen and oxygen atoms in total. The number of nitrogens with one attached hydrogen (secondary N) is 1. The normalized spacial score (nSPS) is 12.6. The Balaban J connectivity index is 2.53. The van der Waals surface area contributed by atoms with Gasteiger partial charge < -0.3 is 5.73 Å². The topological polar surface area (TPSA) is 72.2 Å². The fraction of sp³-hybridized carbons (Fsp3) is 0.400. The summed E-state index contributed by atoms with van der Waals surface area (Å²) in [4.78, 5) is -0.0243. The summed E-state index contributed by atoms with van der Waals surface area (Å²) in [5.41, 5.74) is 5.81. The zero-order valence-electron chi connectivity index (χ0n) is 9.37. The second-order valence-corrected chi connectivity index (χ2v) is 5.45. The number of anilines is 1. The summed E-state index contributed by atoms with van der Waals surface area (Å²) in [5.74, 6) is 0. The fourth-order valence-corrected chi connectivity index (χ4v) is 2.30. The van der Waals surface area contributed by atoms with Crippen LogP contribution in [0.25, 0.3) is 0 Å². The van der Waals surface area contributed by atoms with Crippen molar-refractivity contribution in [1.29, 1.82) is 0 Å². The van der Waals surface area contributed by atoms with Gasteiger partial charge in [-0.1, -0.05) is 0 Å². The van der Waals surface area contributed by atoms with Gasteiger partial charge in [-0.05, 0) is 30.7 Å². The van der Waals surface area contributed by atoms with Crippen molar-refractivity contribution in [2.24, 2.45) is 0 Å². The molecule has 0 saturated carbocycles. The molecule has 0 spiro atoms. The number of benzene rings is 1. The van der Waals surface area contributed by atoms with Gasteiger partial charge in [-0.3, -0.25) is 0 Å². The number of alkyl halides is 3. The second kappa shape index (κ2) is 5.57.